The topological polar surface area (TPSA) is 102 Å². The van der Waals surface area contributed by atoms with Gasteiger partial charge in [0, 0.05) is 26.1 Å². The zero-order valence-electron chi connectivity index (χ0n) is 17.7. The quantitative estimate of drug-likeness (QED) is 0.684. The Balaban J connectivity index is 1.52. The molecular weight excluding hydrogens is 406 g/mol. The minimum atomic E-state index is -3.64. The number of methoxy groups -OCH3 is 1. The first kappa shape index (κ1) is 22.3. The van der Waals surface area contributed by atoms with Crippen LogP contribution in [0.5, 0.6) is 5.75 Å². The highest BCUT2D eigenvalue weighted by molar-refractivity contribution is 7.89. The fraction of sp³-hybridized carbons (Fsp3) is 0.524. The number of rotatable bonds is 8. The van der Waals surface area contributed by atoms with Crippen LogP contribution < -0.4 is 10.1 Å². The predicted molar refractivity (Wildman–Crippen MR) is 112 cm³/mol. The van der Waals surface area contributed by atoms with Crippen LogP contribution >= 0.6 is 0 Å². The maximum atomic E-state index is 13.0. The van der Waals surface area contributed by atoms with E-state index in [0.29, 0.717) is 43.9 Å². The summed E-state index contributed by atoms with van der Waals surface area (Å²) in [6.07, 6.45) is 2.71. The van der Waals surface area contributed by atoms with Gasteiger partial charge in [0.05, 0.1) is 7.11 Å². The Hall–Kier alpha value is -2.39. The summed E-state index contributed by atoms with van der Waals surface area (Å²) in [5.41, 5.74) is 1.35. The van der Waals surface area contributed by atoms with Crippen LogP contribution in [0.25, 0.3) is 0 Å². The van der Waals surface area contributed by atoms with Crippen LogP contribution in [0.15, 0.2) is 33.7 Å². The fourth-order valence-corrected chi connectivity index (χ4v) is 5.71. The van der Waals surface area contributed by atoms with Gasteiger partial charge in [-0.3, -0.25) is 4.79 Å². The Morgan fingerprint density at radius 2 is 2.17 bits per heavy atom. The van der Waals surface area contributed by atoms with E-state index in [4.69, 9.17) is 9.26 Å². The number of nitrogens with zero attached hydrogens (tertiary/aromatic N) is 2. The summed E-state index contributed by atoms with van der Waals surface area (Å²) in [6.45, 7) is 4.58. The monoisotopic (exact) mass is 435 g/mol. The minimum Gasteiger partial charge on any atom is -0.497 e. The number of carbonyl (C=O) groups is 1. The van der Waals surface area contributed by atoms with Gasteiger partial charge in [0.1, 0.15) is 16.3 Å². The smallest absolute Gasteiger partial charge is 0.248 e. The third-order valence-corrected chi connectivity index (χ3v) is 7.56. The molecule has 1 fully saturated rings. The predicted octanol–water partition coefficient (Wildman–Crippen LogP) is 2.80. The van der Waals surface area contributed by atoms with Crippen molar-refractivity contribution >= 4 is 15.9 Å². The van der Waals surface area contributed by atoms with Crippen molar-refractivity contribution in [3.05, 3.63) is 41.3 Å². The van der Waals surface area contributed by atoms with Gasteiger partial charge in [-0.25, -0.2) is 8.42 Å². The second-order valence-corrected chi connectivity index (χ2v) is 9.57. The summed E-state index contributed by atoms with van der Waals surface area (Å²) in [5, 5.41) is 6.69. The van der Waals surface area contributed by atoms with Gasteiger partial charge in [-0.2, -0.15) is 4.31 Å². The number of hydrogen-bond donors (Lipinski definition) is 1. The summed E-state index contributed by atoms with van der Waals surface area (Å²) in [6, 6.07) is 7.56. The maximum absolute atomic E-state index is 13.0. The first-order valence-corrected chi connectivity index (χ1v) is 11.6. The van der Waals surface area contributed by atoms with E-state index in [1.807, 2.05) is 24.3 Å². The summed E-state index contributed by atoms with van der Waals surface area (Å²) in [4.78, 5) is 12.4. The van der Waals surface area contributed by atoms with Crippen LogP contribution in [0, 0.1) is 19.8 Å². The zero-order valence-corrected chi connectivity index (χ0v) is 18.5. The van der Waals surface area contributed by atoms with E-state index in [9.17, 15) is 13.2 Å². The summed E-state index contributed by atoms with van der Waals surface area (Å²) < 4.78 is 37.8. The summed E-state index contributed by atoms with van der Waals surface area (Å²) in [7, 11) is -2.03. The van der Waals surface area contributed by atoms with E-state index in [-0.39, 0.29) is 16.7 Å². The molecule has 0 bridgehead atoms. The number of aryl methyl sites for hydroxylation is 2. The Morgan fingerprint density at radius 3 is 2.87 bits per heavy atom. The fourth-order valence-electron chi connectivity index (χ4n) is 3.86. The van der Waals surface area contributed by atoms with Crippen molar-refractivity contribution in [1.82, 2.24) is 14.8 Å². The average molecular weight is 436 g/mol. The average Bonchev–Trinajstić information content (AvgIpc) is 3.09. The third kappa shape index (κ3) is 5.20. The molecule has 30 heavy (non-hydrogen) atoms. The van der Waals surface area contributed by atoms with Crippen molar-refractivity contribution in [3.63, 3.8) is 0 Å². The van der Waals surface area contributed by atoms with Gasteiger partial charge in [0.25, 0.3) is 0 Å². The van der Waals surface area contributed by atoms with Crippen LogP contribution in [-0.2, 0) is 21.4 Å². The van der Waals surface area contributed by atoms with Crippen molar-refractivity contribution in [2.75, 3.05) is 20.2 Å². The third-order valence-electron chi connectivity index (χ3n) is 5.45. The van der Waals surface area contributed by atoms with Crippen molar-refractivity contribution in [1.29, 1.82) is 0 Å². The number of piperidine rings is 1. The molecule has 0 spiro atoms. The van der Waals surface area contributed by atoms with Gasteiger partial charge in [0.15, 0.2) is 5.76 Å². The van der Waals surface area contributed by atoms with Crippen LogP contribution in [0.1, 0.15) is 42.7 Å². The largest absolute Gasteiger partial charge is 0.497 e. The maximum Gasteiger partial charge on any atom is 0.248 e. The van der Waals surface area contributed by atoms with E-state index in [1.165, 1.54) is 4.31 Å². The van der Waals surface area contributed by atoms with E-state index in [0.717, 1.165) is 24.2 Å². The molecule has 2 aromatic rings. The molecule has 1 amide bonds. The molecule has 1 saturated heterocycles. The van der Waals surface area contributed by atoms with Crippen molar-refractivity contribution in [3.8, 4) is 5.75 Å². The summed E-state index contributed by atoms with van der Waals surface area (Å²) in [5.74, 6) is 1.18. The van der Waals surface area contributed by atoms with Gasteiger partial charge in [0.2, 0.25) is 15.9 Å². The minimum absolute atomic E-state index is 0.0384. The molecule has 1 aromatic carbocycles. The Kier molecular flexibility index (Phi) is 7.14. The Bertz CT molecular complexity index is 967. The molecule has 0 radical (unpaired) electrons. The lowest BCUT2D eigenvalue weighted by Gasteiger charge is -2.31. The molecule has 8 nitrogen and oxygen atoms in total. The standard InChI is InChI=1S/C21H29N3O5S/c1-15-21(16(2)29-23-15)30(26,27)24-11-5-7-17(14-24)9-10-20(25)22-13-18-6-4-8-19(12-18)28-3/h4,6,8,12,17H,5,7,9-11,13-14H2,1-3H3,(H,22,25)/t17-/m0/s1. The first-order chi connectivity index (χ1) is 14.3. The number of ether oxygens (including phenoxy) is 1. The van der Waals surface area contributed by atoms with Crippen LogP contribution in [0.3, 0.4) is 0 Å². The molecule has 0 saturated carbocycles. The second-order valence-electron chi connectivity index (χ2n) is 7.69. The first-order valence-electron chi connectivity index (χ1n) is 10.1. The van der Waals surface area contributed by atoms with E-state index in [2.05, 4.69) is 10.5 Å². The molecule has 1 N–H and O–H groups in total. The van der Waals surface area contributed by atoms with Gasteiger partial charge in [-0.15, -0.1) is 0 Å². The highest BCUT2D eigenvalue weighted by Gasteiger charge is 2.34. The van der Waals surface area contributed by atoms with Gasteiger partial charge in [-0.05, 0) is 56.7 Å². The van der Waals surface area contributed by atoms with E-state index >= 15 is 0 Å². The number of sulfonamides is 1. The second kappa shape index (κ2) is 9.61. The highest BCUT2D eigenvalue weighted by Crippen LogP contribution is 2.29. The number of nitrogens with one attached hydrogen (secondary N) is 1. The summed E-state index contributed by atoms with van der Waals surface area (Å²) >= 11 is 0. The molecule has 0 aliphatic carbocycles. The Morgan fingerprint density at radius 1 is 1.37 bits per heavy atom. The van der Waals surface area contributed by atoms with Crippen molar-refractivity contribution in [2.24, 2.45) is 5.92 Å². The number of hydrogen-bond acceptors (Lipinski definition) is 6. The molecule has 2 heterocycles. The molecule has 1 atom stereocenters. The van der Waals surface area contributed by atoms with E-state index in [1.54, 1.807) is 21.0 Å². The van der Waals surface area contributed by atoms with Crippen molar-refractivity contribution < 1.29 is 22.5 Å². The lowest BCUT2D eigenvalue weighted by Crippen LogP contribution is -2.40. The normalized spacial score (nSPS) is 17.6. The number of amides is 1. The van der Waals surface area contributed by atoms with Crippen LogP contribution in [0.4, 0.5) is 0 Å². The van der Waals surface area contributed by atoms with Gasteiger partial charge < -0.3 is 14.6 Å². The van der Waals surface area contributed by atoms with E-state index < -0.39 is 10.0 Å². The lowest BCUT2D eigenvalue weighted by molar-refractivity contribution is -0.121. The van der Waals surface area contributed by atoms with Crippen LogP contribution in [-0.4, -0.2) is 44.0 Å². The molecular formula is C21H29N3O5S. The lowest BCUT2D eigenvalue weighted by atomic mass is 9.94. The molecule has 9 heteroatoms. The molecule has 1 aromatic heterocycles. The van der Waals surface area contributed by atoms with Crippen molar-refractivity contribution in [2.45, 2.75) is 51.0 Å². The highest BCUT2D eigenvalue weighted by atomic mass is 32.2. The number of aromatic nitrogens is 1. The van der Waals surface area contributed by atoms with Gasteiger partial charge >= 0.3 is 0 Å². The number of carbonyl (C=O) groups excluding carboxylic acids is 1. The molecule has 3 rings (SSSR count). The molecule has 1 aliphatic heterocycles. The van der Waals surface area contributed by atoms with Gasteiger partial charge in [-0.1, -0.05) is 17.3 Å². The zero-order chi connectivity index (χ0) is 21.7. The molecule has 0 unspecified atom stereocenters. The number of benzene rings is 1. The Labute approximate surface area is 177 Å². The SMILES string of the molecule is COc1cccc(CNC(=O)CC[C@@H]2CCCN(S(=O)(=O)c3c(C)noc3C)C2)c1. The molecule has 1 aliphatic rings. The molecule has 164 valence electrons. The van der Waals surface area contributed by atoms with Crippen LogP contribution in [0.2, 0.25) is 0 Å².